The number of hydrogen-bond donors (Lipinski definition) is 0. The molecule has 0 saturated heterocycles. The minimum Gasteiger partial charge on any atom is -0.236 e. The smallest absolute Gasteiger partial charge is 0.236 e. The van der Waals surface area contributed by atoms with Crippen LogP contribution in [0.2, 0.25) is 0 Å². The van der Waals surface area contributed by atoms with Crippen LogP contribution in [0.3, 0.4) is 0 Å². The summed E-state index contributed by atoms with van der Waals surface area (Å²) in [6, 6.07) is 0. The van der Waals surface area contributed by atoms with Gasteiger partial charge >= 0.3 is 11.8 Å². The zero-order valence-corrected chi connectivity index (χ0v) is 8.59. The first-order chi connectivity index (χ1) is 7.96. The van der Waals surface area contributed by atoms with Crippen LogP contribution < -0.4 is 0 Å². The number of halogens is 8. The molecular weight excluding hydrogens is 272 g/mol. The summed E-state index contributed by atoms with van der Waals surface area (Å²) in [6.07, 6.45) is -0.717. The summed E-state index contributed by atoms with van der Waals surface area (Å²) in [4.78, 5) is 0. The summed E-state index contributed by atoms with van der Waals surface area (Å²) in [5.41, 5.74) is -17.6. The lowest BCUT2D eigenvalue weighted by atomic mass is 9.33. The van der Waals surface area contributed by atoms with Gasteiger partial charge in [0.2, 0.25) is 0 Å². The maximum absolute atomic E-state index is 14.0. The van der Waals surface area contributed by atoms with Gasteiger partial charge in [-0.3, -0.25) is 0 Å². The third kappa shape index (κ3) is 0.602. The molecule has 0 bridgehead atoms. The van der Waals surface area contributed by atoms with E-state index in [9.17, 15) is 35.1 Å². The van der Waals surface area contributed by atoms with Crippen LogP contribution in [0.25, 0.3) is 0 Å². The Balaban J connectivity index is 2.25. The third-order valence-electron chi connectivity index (χ3n) is 4.42. The summed E-state index contributed by atoms with van der Waals surface area (Å²) in [6.45, 7) is 0. The fourth-order valence-corrected chi connectivity index (χ4v) is 3.43. The molecule has 0 aromatic carbocycles. The fourth-order valence-electron chi connectivity index (χ4n) is 3.43. The Morgan fingerprint density at radius 3 is 1.11 bits per heavy atom. The van der Waals surface area contributed by atoms with E-state index in [1.807, 2.05) is 0 Å². The molecule has 0 aromatic heterocycles. The average molecular weight is 278 g/mol. The Morgan fingerprint density at radius 2 is 0.833 bits per heavy atom. The highest BCUT2D eigenvalue weighted by atomic mass is 19.3. The largest absolute Gasteiger partial charge is 0.353 e. The number of rotatable bonds is 0. The second-order valence-electron chi connectivity index (χ2n) is 4.95. The lowest BCUT2D eigenvalue weighted by Crippen LogP contribution is -3.07. The molecule has 0 amide bonds. The SMILES string of the molecule is FC1(F)C(F)(F)C2(F)C3(F)CC=CCC3(F)C12F. The minimum absolute atomic E-state index is 0.839. The van der Waals surface area contributed by atoms with Gasteiger partial charge in [-0.2, -0.15) is 17.6 Å². The maximum atomic E-state index is 14.0. The van der Waals surface area contributed by atoms with E-state index in [4.69, 9.17) is 0 Å². The normalized spacial score (nSPS) is 59.1. The van der Waals surface area contributed by atoms with Gasteiger partial charge in [0, 0.05) is 12.8 Å². The van der Waals surface area contributed by atoms with E-state index in [-0.39, 0.29) is 0 Å². The Morgan fingerprint density at radius 1 is 0.556 bits per heavy atom. The van der Waals surface area contributed by atoms with Crippen molar-refractivity contribution in [2.75, 3.05) is 0 Å². The van der Waals surface area contributed by atoms with E-state index in [0.717, 1.165) is 12.2 Å². The van der Waals surface area contributed by atoms with Gasteiger partial charge in [0.15, 0.2) is 11.3 Å². The Bertz CT molecular complexity index is 430. The van der Waals surface area contributed by atoms with Gasteiger partial charge in [-0.05, 0) is 0 Å². The zero-order chi connectivity index (χ0) is 13.8. The van der Waals surface area contributed by atoms with Crippen LogP contribution in [0.1, 0.15) is 12.8 Å². The second kappa shape index (κ2) is 2.43. The lowest BCUT2D eigenvalue weighted by molar-refractivity contribution is -0.552. The molecule has 0 N–H and O–H groups in total. The van der Waals surface area contributed by atoms with E-state index < -0.39 is 47.4 Å². The summed E-state index contributed by atoms with van der Waals surface area (Å²) in [7, 11) is 0. The highest BCUT2D eigenvalue weighted by Gasteiger charge is 3.16. The van der Waals surface area contributed by atoms with E-state index in [2.05, 4.69) is 0 Å². The molecular formula is C10H6F8. The molecule has 3 rings (SSSR count). The van der Waals surface area contributed by atoms with Crippen molar-refractivity contribution in [1.29, 1.82) is 0 Å². The average Bonchev–Trinajstić information content (AvgIpc) is 2.29. The van der Waals surface area contributed by atoms with E-state index in [1.54, 1.807) is 0 Å². The molecule has 0 aromatic rings. The summed E-state index contributed by atoms with van der Waals surface area (Å²) < 4.78 is 108. The maximum Gasteiger partial charge on any atom is 0.353 e. The van der Waals surface area contributed by atoms with Gasteiger partial charge in [-0.1, -0.05) is 12.2 Å². The molecule has 102 valence electrons. The monoisotopic (exact) mass is 278 g/mol. The molecule has 8 heteroatoms. The highest BCUT2D eigenvalue weighted by Crippen LogP contribution is 2.86. The van der Waals surface area contributed by atoms with Crippen molar-refractivity contribution < 1.29 is 35.1 Å². The molecule has 4 atom stereocenters. The zero-order valence-electron chi connectivity index (χ0n) is 8.59. The molecule has 2 saturated carbocycles. The lowest BCUT2D eigenvalue weighted by Gasteiger charge is -2.77. The topological polar surface area (TPSA) is 0 Å². The number of hydrogen-bond acceptors (Lipinski definition) is 0. The van der Waals surface area contributed by atoms with Crippen LogP contribution >= 0.6 is 0 Å². The molecule has 0 nitrogen and oxygen atoms in total. The summed E-state index contributed by atoms with van der Waals surface area (Å²) in [5.74, 6) is -11.1. The van der Waals surface area contributed by atoms with Crippen molar-refractivity contribution in [1.82, 2.24) is 0 Å². The number of fused-ring (bicyclic) bond motifs is 4. The molecule has 3 aliphatic rings. The van der Waals surface area contributed by atoms with Crippen LogP contribution in [-0.2, 0) is 0 Å². The van der Waals surface area contributed by atoms with E-state index in [1.165, 1.54) is 0 Å². The predicted octanol–water partition coefficient (Wildman–Crippen LogP) is 3.47. The van der Waals surface area contributed by atoms with Crippen LogP contribution in [0.5, 0.6) is 0 Å². The van der Waals surface area contributed by atoms with Crippen molar-refractivity contribution in [2.45, 2.75) is 47.4 Å². The first-order valence-corrected chi connectivity index (χ1v) is 5.12. The van der Waals surface area contributed by atoms with Crippen LogP contribution in [0.4, 0.5) is 35.1 Å². The minimum atomic E-state index is -5.57. The van der Waals surface area contributed by atoms with Crippen LogP contribution in [0, 0.1) is 0 Å². The quantitative estimate of drug-likeness (QED) is 0.470. The van der Waals surface area contributed by atoms with Gasteiger partial charge < -0.3 is 0 Å². The van der Waals surface area contributed by atoms with Gasteiger partial charge in [0.05, 0.1) is 0 Å². The molecule has 18 heavy (non-hydrogen) atoms. The molecule has 0 aliphatic heterocycles. The van der Waals surface area contributed by atoms with E-state index >= 15 is 0 Å². The van der Waals surface area contributed by atoms with E-state index in [0.29, 0.717) is 0 Å². The van der Waals surface area contributed by atoms with Gasteiger partial charge in [-0.15, -0.1) is 0 Å². The third-order valence-corrected chi connectivity index (χ3v) is 4.42. The second-order valence-corrected chi connectivity index (χ2v) is 4.95. The van der Waals surface area contributed by atoms with Gasteiger partial charge in [-0.25, -0.2) is 17.6 Å². The van der Waals surface area contributed by atoms with Crippen LogP contribution in [0.15, 0.2) is 12.2 Å². The molecule has 3 aliphatic carbocycles. The van der Waals surface area contributed by atoms with Crippen molar-refractivity contribution in [2.24, 2.45) is 0 Å². The highest BCUT2D eigenvalue weighted by molar-refractivity contribution is 5.56. The first-order valence-electron chi connectivity index (χ1n) is 5.12. The molecule has 2 fully saturated rings. The molecule has 0 radical (unpaired) electrons. The Hall–Kier alpha value is -0.820. The molecule has 0 heterocycles. The predicted molar refractivity (Wildman–Crippen MR) is 43.6 cm³/mol. The Kier molecular flexibility index (Phi) is 1.65. The van der Waals surface area contributed by atoms with Crippen molar-refractivity contribution in [3.05, 3.63) is 12.2 Å². The standard InChI is InChI=1S/C10H6F8/c11-5-3-1-2-4-6(5,12)8(14)7(5,13)9(15,16)10(8,17)18/h1-2H,3-4H2. The first kappa shape index (κ1) is 12.2. The van der Waals surface area contributed by atoms with Crippen molar-refractivity contribution in [3.63, 3.8) is 0 Å². The van der Waals surface area contributed by atoms with Crippen molar-refractivity contribution in [3.8, 4) is 0 Å². The fraction of sp³-hybridized carbons (Fsp3) is 0.800. The van der Waals surface area contributed by atoms with Crippen molar-refractivity contribution >= 4 is 0 Å². The van der Waals surface area contributed by atoms with Gasteiger partial charge in [0.1, 0.15) is 0 Å². The number of allylic oxidation sites excluding steroid dienone is 2. The van der Waals surface area contributed by atoms with Crippen LogP contribution in [-0.4, -0.2) is 34.5 Å². The number of alkyl halides is 8. The molecule has 4 unspecified atom stereocenters. The molecule has 0 spiro atoms. The Labute approximate surface area is 95.6 Å². The summed E-state index contributed by atoms with van der Waals surface area (Å²) in [5, 5.41) is 0. The summed E-state index contributed by atoms with van der Waals surface area (Å²) >= 11 is 0. The van der Waals surface area contributed by atoms with Gasteiger partial charge in [0.25, 0.3) is 11.3 Å².